The van der Waals surface area contributed by atoms with E-state index in [4.69, 9.17) is 11.6 Å². The van der Waals surface area contributed by atoms with Crippen molar-refractivity contribution in [2.45, 2.75) is 20.3 Å². The lowest BCUT2D eigenvalue weighted by molar-refractivity contribution is -0.114. The van der Waals surface area contributed by atoms with Crippen molar-refractivity contribution in [1.82, 2.24) is 4.98 Å². The first-order valence-electron chi connectivity index (χ1n) is 5.05. The van der Waals surface area contributed by atoms with E-state index in [9.17, 15) is 4.79 Å². The number of aromatic nitrogens is 1. The van der Waals surface area contributed by atoms with E-state index in [0.29, 0.717) is 11.6 Å². The quantitative estimate of drug-likeness (QED) is 0.644. The normalized spacial score (nSPS) is 13.9. The fourth-order valence-electron chi connectivity index (χ4n) is 1.11. The molecule has 0 bridgehead atoms. The van der Waals surface area contributed by atoms with E-state index in [0.717, 1.165) is 11.1 Å². The number of carbonyl (C=O) groups is 1. The SMILES string of the molecule is CC1=CC=CCC1=O.Cc1cccnc1Cl. The molecule has 16 heavy (non-hydrogen) atoms. The van der Waals surface area contributed by atoms with E-state index in [1.54, 1.807) is 6.20 Å². The monoisotopic (exact) mass is 235 g/mol. The van der Waals surface area contributed by atoms with E-state index >= 15 is 0 Å². The van der Waals surface area contributed by atoms with Gasteiger partial charge >= 0.3 is 0 Å². The summed E-state index contributed by atoms with van der Waals surface area (Å²) in [4.78, 5) is 14.5. The highest BCUT2D eigenvalue weighted by atomic mass is 35.5. The molecule has 0 N–H and O–H groups in total. The third kappa shape index (κ3) is 3.99. The molecule has 0 atom stereocenters. The van der Waals surface area contributed by atoms with Crippen molar-refractivity contribution in [2.75, 3.05) is 0 Å². The first-order chi connectivity index (χ1) is 7.61. The standard InChI is InChI=1S/C7H8O.C6H6ClN/c1-6-4-2-3-5-7(6)8;1-5-3-2-4-8-6(5)7/h2-4H,5H2,1H3;2-4H,1H3. The van der Waals surface area contributed by atoms with Crippen LogP contribution in [-0.4, -0.2) is 10.8 Å². The lowest BCUT2D eigenvalue weighted by atomic mass is 10.1. The zero-order valence-electron chi connectivity index (χ0n) is 9.40. The maximum absolute atomic E-state index is 10.7. The molecular formula is C13H14ClNO. The molecule has 2 nitrogen and oxygen atoms in total. The average molecular weight is 236 g/mol. The topological polar surface area (TPSA) is 30.0 Å². The molecule has 1 aromatic rings. The van der Waals surface area contributed by atoms with Crippen molar-refractivity contribution in [3.63, 3.8) is 0 Å². The third-order valence-electron chi connectivity index (χ3n) is 2.17. The molecular weight excluding hydrogens is 222 g/mol. The van der Waals surface area contributed by atoms with Crippen LogP contribution in [0.3, 0.4) is 0 Å². The van der Waals surface area contributed by atoms with Gasteiger partial charge in [0.05, 0.1) is 0 Å². The van der Waals surface area contributed by atoms with Crippen LogP contribution in [0.5, 0.6) is 0 Å². The van der Waals surface area contributed by atoms with E-state index in [1.807, 2.05) is 44.2 Å². The van der Waals surface area contributed by atoms with Gasteiger partial charge in [-0.2, -0.15) is 0 Å². The fraction of sp³-hybridized carbons (Fsp3) is 0.231. The maximum atomic E-state index is 10.7. The Morgan fingerprint density at radius 2 is 2.12 bits per heavy atom. The van der Waals surface area contributed by atoms with Crippen molar-refractivity contribution >= 4 is 17.4 Å². The molecule has 0 amide bonds. The van der Waals surface area contributed by atoms with E-state index < -0.39 is 0 Å². The summed E-state index contributed by atoms with van der Waals surface area (Å²) in [7, 11) is 0. The molecule has 0 saturated carbocycles. The summed E-state index contributed by atoms with van der Waals surface area (Å²) >= 11 is 5.60. The van der Waals surface area contributed by atoms with Gasteiger partial charge in [-0.05, 0) is 31.1 Å². The van der Waals surface area contributed by atoms with Gasteiger partial charge in [-0.15, -0.1) is 0 Å². The highest BCUT2D eigenvalue weighted by Gasteiger charge is 2.02. The molecule has 0 saturated heterocycles. The Kier molecular flexibility index (Phi) is 4.93. The summed E-state index contributed by atoms with van der Waals surface area (Å²) in [6.45, 7) is 3.77. The lowest BCUT2D eigenvalue weighted by Crippen LogP contribution is -1.99. The van der Waals surface area contributed by atoms with Crippen LogP contribution in [0.25, 0.3) is 0 Å². The van der Waals surface area contributed by atoms with Gasteiger partial charge < -0.3 is 0 Å². The van der Waals surface area contributed by atoms with E-state index in [1.165, 1.54) is 0 Å². The number of hydrogen-bond donors (Lipinski definition) is 0. The number of hydrogen-bond acceptors (Lipinski definition) is 2. The van der Waals surface area contributed by atoms with Crippen molar-refractivity contribution < 1.29 is 4.79 Å². The first kappa shape index (κ1) is 12.7. The minimum absolute atomic E-state index is 0.243. The van der Waals surface area contributed by atoms with Crippen LogP contribution < -0.4 is 0 Å². The van der Waals surface area contributed by atoms with Crippen molar-refractivity contribution in [1.29, 1.82) is 0 Å². The van der Waals surface area contributed by atoms with Crippen LogP contribution in [0.2, 0.25) is 5.15 Å². The van der Waals surface area contributed by atoms with Crippen molar-refractivity contribution in [3.8, 4) is 0 Å². The first-order valence-corrected chi connectivity index (χ1v) is 5.43. The second-order valence-electron chi connectivity index (χ2n) is 3.52. The molecule has 0 fully saturated rings. The molecule has 0 unspecified atom stereocenters. The van der Waals surface area contributed by atoms with Gasteiger partial charge in [0.25, 0.3) is 0 Å². The number of aryl methyl sites for hydroxylation is 1. The van der Waals surface area contributed by atoms with Gasteiger partial charge in [0.1, 0.15) is 5.15 Å². The van der Waals surface area contributed by atoms with Gasteiger partial charge in [0.2, 0.25) is 0 Å². The Morgan fingerprint density at radius 1 is 1.38 bits per heavy atom. The molecule has 0 aliphatic heterocycles. The van der Waals surface area contributed by atoms with Crippen LogP contribution in [0, 0.1) is 6.92 Å². The largest absolute Gasteiger partial charge is 0.294 e. The fourth-order valence-corrected chi connectivity index (χ4v) is 1.23. The smallest absolute Gasteiger partial charge is 0.162 e. The summed E-state index contributed by atoms with van der Waals surface area (Å²) in [6, 6.07) is 3.79. The molecule has 1 aliphatic rings. The molecule has 0 radical (unpaired) electrons. The Morgan fingerprint density at radius 3 is 2.50 bits per heavy atom. The van der Waals surface area contributed by atoms with Crippen LogP contribution in [0.1, 0.15) is 18.9 Å². The predicted octanol–water partition coefficient (Wildman–Crippen LogP) is 3.51. The number of pyridine rings is 1. The number of nitrogens with zero attached hydrogens (tertiary/aromatic N) is 1. The highest BCUT2D eigenvalue weighted by molar-refractivity contribution is 6.30. The molecule has 1 aromatic heterocycles. The van der Waals surface area contributed by atoms with Gasteiger partial charge in [0, 0.05) is 12.6 Å². The minimum Gasteiger partial charge on any atom is -0.294 e. The van der Waals surface area contributed by atoms with Gasteiger partial charge in [-0.3, -0.25) is 4.79 Å². The van der Waals surface area contributed by atoms with Gasteiger partial charge in [-0.25, -0.2) is 4.98 Å². The van der Waals surface area contributed by atoms with Crippen LogP contribution in [0.4, 0.5) is 0 Å². The number of carbonyl (C=O) groups excluding carboxylic acids is 1. The zero-order chi connectivity index (χ0) is 12.0. The molecule has 0 aromatic carbocycles. The molecule has 84 valence electrons. The Labute approximate surface area is 101 Å². The van der Waals surface area contributed by atoms with Gasteiger partial charge in [-0.1, -0.05) is 35.9 Å². The van der Waals surface area contributed by atoms with Gasteiger partial charge in [0.15, 0.2) is 5.78 Å². The average Bonchev–Trinajstić information content (AvgIpc) is 2.28. The molecule has 1 aliphatic carbocycles. The Balaban J connectivity index is 0.000000160. The van der Waals surface area contributed by atoms with E-state index in [2.05, 4.69) is 4.98 Å². The number of halogens is 1. The second kappa shape index (κ2) is 6.23. The van der Waals surface area contributed by atoms with Crippen LogP contribution in [0.15, 0.2) is 42.1 Å². The van der Waals surface area contributed by atoms with E-state index in [-0.39, 0.29) is 5.78 Å². The summed E-state index contributed by atoms with van der Waals surface area (Å²) in [5.74, 6) is 0.243. The third-order valence-corrected chi connectivity index (χ3v) is 2.57. The van der Waals surface area contributed by atoms with Crippen molar-refractivity contribution in [3.05, 3.63) is 52.8 Å². The Bertz CT molecular complexity index is 414. The Hall–Kier alpha value is -1.41. The predicted molar refractivity (Wildman–Crippen MR) is 66.5 cm³/mol. The summed E-state index contributed by atoms with van der Waals surface area (Å²) in [5, 5.41) is 0.590. The molecule has 0 spiro atoms. The number of allylic oxidation sites excluding steroid dienone is 4. The maximum Gasteiger partial charge on any atom is 0.162 e. The highest BCUT2D eigenvalue weighted by Crippen LogP contribution is 2.07. The number of rotatable bonds is 0. The molecule has 1 heterocycles. The lowest BCUT2D eigenvalue weighted by Gasteiger charge is -1.98. The zero-order valence-corrected chi connectivity index (χ0v) is 10.2. The number of ketones is 1. The summed E-state index contributed by atoms with van der Waals surface area (Å²) < 4.78 is 0. The second-order valence-corrected chi connectivity index (χ2v) is 3.87. The minimum atomic E-state index is 0.243. The summed E-state index contributed by atoms with van der Waals surface area (Å²) in [6.07, 6.45) is 7.88. The number of Topliss-reactive ketones (excluding diaryl/α,β-unsaturated/α-hetero) is 1. The molecule has 3 heteroatoms. The van der Waals surface area contributed by atoms with Crippen molar-refractivity contribution in [2.24, 2.45) is 0 Å². The summed E-state index contributed by atoms with van der Waals surface area (Å²) in [5.41, 5.74) is 1.89. The van der Waals surface area contributed by atoms with Crippen LogP contribution >= 0.6 is 11.6 Å². The van der Waals surface area contributed by atoms with Crippen LogP contribution in [-0.2, 0) is 4.79 Å². The molecule has 2 rings (SSSR count).